The van der Waals surface area contributed by atoms with Gasteiger partial charge in [0.1, 0.15) is 4.88 Å². The molecule has 6 nitrogen and oxygen atoms in total. The smallest absolute Gasteiger partial charge is 0.263 e. The number of nitrogens with zero attached hydrogens (tertiary/aromatic N) is 2. The average molecular weight is 408 g/mol. The molecule has 0 atom stereocenters. The molecule has 1 aliphatic heterocycles. The average Bonchev–Trinajstić information content (AvgIpc) is 3.00. The number of carbonyl (C=O) groups excluding carboxylic acids is 1. The Balaban J connectivity index is 1.68. The topological polar surface area (TPSA) is 79.4 Å². The zero-order valence-corrected chi connectivity index (χ0v) is 17.7. The molecule has 1 aliphatic rings. The van der Waals surface area contributed by atoms with Crippen molar-refractivity contribution in [2.45, 2.75) is 51.5 Å². The van der Waals surface area contributed by atoms with Crippen LogP contribution in [0.5, 0.6) is 0 Å². The van der Waals surface area contributed by atoms with Crippen molar-refractivity contribution in [1.82, 2.24) is 14.6 Å². The fourth-order valence-electron chi connectivity index (χ4n) is 3.71. The van der Waals surface area contributed by atoms with Crippen LogP contribution in [0.25, 0.3) is 0 Å². The van der Waals surface area contributed by atoms with Crippen LogP contribution in [0.3, 0.4) is 0 Å². The molecule has 0 spiro atoms. The number of carbonyl (C=O) groups is 1. The summed E-state index contributed by atoms with van der Waals surface area (Å²) < 4.78 is 27.8. The summed E-state index contributed by atoms with van der Waals surface area (Å²) in [7, 11) is -3.53. The van der Waals surface area contributed by atoms with Gasteiger partial charge in [-0.1, -0.05) is 17.7 Å². The monoisotopic (exact) mass is 407 g/mol. The van der Waals surface area contributed by atoms with Gasteiger partial charge in [0.05, 0.1) is 16.1 Å². The third kappa shape index (κ3) is 4.07. The summed E-state index contributed by atoms with van der Waals surface area (Å²) in [5.74, 6) is -0.124. The van der Waals surface area contributed by atoms with Crippen LogP contribution in [0.2, 0.25) is 0 Å². The van der Waals surface area contributed by atoms with Crippen LogP contribution in [0.1, 0.15) is 44.9 Å². The van der Waals surface area contributed by atoms with Crippen molar-refractivity contribution in [2.75, 3.05) is 13.1 Å². The summed E-state index contributed by atoms with van der Waals surface area (Å²) in [5, 5.41) is 3.01. The molecule has 1 aromatic carbocycles. The molecule has 2 heterocycles. The van der Waals surface area contributed by atoms with Crippen LogP contribution in [-0.4, -0.2) is 42.7 Å². The normalized spacial score (nSPS) is 16.4. The summed E-state index contributed by atoms with van der Waals surface area (Å²) in [5.41, 5.74) is 5.00. The Labute approximate surface area is 164 Å². The van der Waals surface area contributed by atoms with Gasteiger partial charge in [0, 0.05) is 19.1 Å². The molecule has 3 rings (SSSR count). The van der Waals surface area contributed by atoms with Gasteiger partial charge in [-0.25, -0.2) is 13.4 Å². The number of hydrogen-bond acceptors (Lipinski definition) is 5. The Bertz CT molecular complexity index is 935. The third-order valence-electron chi connectivity index (χ3n) is 4.94. The minimum absolute atomic E-state index is 0.0225. The Morgan fingerprint density at radius 2 is 1.74 bits per heavy atom. The highest BCUT2D eigenvalue weighted by Crippen LogP contribution is 2.27. The number of hydrogen-bond donors (Lipinski definition) is 1. The van der Waals surface area contributed by atoms with Crippen molar-refractivity contribution in [2.24, 2.45) is 0 Å². The number of benzene rings is 1. The molecule has 0 aliphatic carbocycles. The summed E-state index contributed by atoms with van der Waals surface area (Å²) in [6.45, 7) is 8.28. The van der Waals surface area contributed by atoms with Crippen molar-refractivity contribution in [1.29, 1.82) is 0 Å². The fourth-order valence-corrected chi connectivity index (χ4v) is 6.30. The largest absolute Gasteiger partial charge is 0.348 e. The molecule has 2 aromatic rings. The standard InChI is InChI=1S/C19H25N3O3S2/c1-12-9-13(2)18(14(3)10-12)27(24,25)22-7-5-16(6-8-22)21-19(23)17-15(4)20-11-26-17/h9-11,16H,5-8H2,1-4H3,(H,21,23). The van der Waals surface area contributed by atoms with Crippen molar-refractivity contribution < 1.29 is 13.2 Å². The molecule has 1 fully saturated rings. The first-order valence-corrected chi connectivity index (χ1v) is 11.3. The first-order chi connectivity index (χ1) is 12.7. The van der Waals surface area contributed by atoms with E-state index < -0.39 is 10.0 Å². The van der Waals surface area contributed by atoms with Crippen LogP contribution >= 0.6 is 11.3 Å². The Hall–Kier alpha value is -1.77. The maximum absolute atomic E-state index is 13.1. The highest BCUT2D eigenvalue weighted by atomic mass is 32.2. The lowest BCUT2D eigenvalue weighted by atomic mass is 10.1. The SMILES string of the molecule is Cc1cc(C)c(S(=O)(=O)N2CCC(NC(=O)c3scnc3C)CC2)c(C)c1. The van der Waals surface area contributed by atoms with Gasteiger partial charge in [0.15, 0.2) is 0 Å². The van der Waals surface area contributed by atoms with Gasteiger partial charge in [-0.2, -0.15) is 4.31 Å². The lowest BCUT2D eigenvalue weighted by Gasteiger charge is -2.32. The summed E-state index contributed by atoms with van der Waals surface area (Å²) in [4.78, 5) is 17.5. The number of amides is 1. The zero-order chi connectivity index (χ0) is 19.8. The molecular weight excluding hydrogens is 382 g/mol. The van der Waals surface area contributed by atoms with E-state index in [-0.39, 0.29) is 11.9 Å². The first-order valence-electron chi connectivity index (χ1n) is 8.99. The first kappa shape index (κ1) is 20.0. The summed E-state index contributed by atoms with van der Waals surface area (Å²) >= 11 is 1.32. The molecule has 0 radical (unpaired) electrons. The van der Waals surface area contributed by atoms with Crippen molar-refractivity contribution in [3.8, 4) is 0 Å². The molecule has 1 amide bonds. The van der Waals surface area contributed by atoms with E-state index >= 15 is 0 Å². The van der Waals surface area contributed by atoms with Crippen LogP contribution in [0, 0.1) is 27.7 Å². The summed E-state index contributed by atoms with van der Waals surface area (Å²) in [6, 6.07) is 3.79. The second kappa shape index (κ2) is 7.69. The second-order valence-corrected chi connectivity index (χ2v) is 9.88. The maximum Gasteiger partial charge on any atom is 0.263 e. The van der Waals surface area contributed by atoms with E-state index in [0.717, 1.165) is 22.4 Å². The van der Waals surface area contributed by atoms with Crippen molar-refractivity contribution in [3.05, 3.63) is 44.9 Å². The third-order valence-corrected chi connectivity index (χ3v) is 8.08. The van der Waals surface area contributed by atoms with Crippen LogP contribution in [0.15, 0.2) is 22.5 Å². The zero-order valence-electron chi connectivity index (χ0n) is 16.1. The van der Waals surface area contributed by atoms with Crippen LogP contribution in [-0.2, 0) is 10.0 Å². The Kier molecular flexibility index (Phi) is 5.69. The predicted molar refractivity (Wildman–Crippen MR) is 107 cm³/mol. The number of rotatable bonds is 4. The number of piperidine rings is 1. The van der Waals surface area contributed by atoms with E-state index in [1.165, 1.54) is 15.6 Å². The summed E-state index contributed by atoms with van der Waals surface area (Å²) in [6.07, 6.45) is 1.21. The van der Waals surface area contributed by atoms with E-state index in [1.54, 1.807) is 5.51 Å². The molecule has 0 unspecified atom stereocenters. The number of nitrogens with one attached hydrogen (secondary N) is 1. The lowest BCUT2D eigenvalue weighted by Crippen LogP contribution is -2.46. The van der Waals surface area contributed by atoms with Crippen LogP contribution in [0.4, 0.5) is 0 Å². The van der Waals surface area contributed by atoms with Gasteiger partial charge in [-0.05, 0) is 51.7 Å². The van der Waals surface area contributed by atoms with Crippen molar-refractivity contribution >= 4 is 27.3 Å². The van der Waals surface area contributed by atoms with Gasteiger partial charge in [0.25, 0.3) is 5.91 Å². The number of aromatic nitrogens is 1. The minimum atomic E-state index is -3.53. The number of sulfonamides is 1. The minimum Gasteiger partial charge on any atom is -0.348 e. The van der Waals surface area contributed by atoms with Gasteiger partial charge in [-0.3, -0.25) is 4.79 Å². The van der Waals surface area contributed by atoms with E-state index in [2.05, 4.69) is 10.3 Å². The molecule has 1 N–H and O–H groups in total. The fraction of sp³-hybridized carbons (Fsp3) is 0.474. The van der Waals surface area contributed by atoms with Gasteiger partial charge in [0.2, 0.25) is 10.0 Å². The van der Waals surface area contributed by atoms with Gasteiger partial charge < -0.3 is 5.32 Å². The maximum atomic E-state index is 13.1. The number of thiazole rings is 1. The molecule has 146 valence electrons. The van der Waals surface area contributed by atoms with Crippen LogP contribution < -0.4 is 5.32 Å². The lowest BCUT2D eigenvalue weighted by molar-refractivity contribution is 0.0927. The van der Waals surface area contributed by atoms with Gasteiger partial charge >= 0.3 is 0 Å². The molecule has 0 bridgehead atoms. The Morgan fingerprint density at radius 1 is 1.15 bits per heavy atom. The predicted octanol–water partition coefficient (Wildman–Crippen LogP) is 2.96. The quantitative estimate of drug-likeness (QED) is 0.845. The second-order valence-electron chi connectivity index (χ2n) is 7.15. The number of aryl methyl sites for hydroxylation is 4. The van der Waals surface area contributed by atoms with E-state index in [1.807, 2.05) is 39.8 Å². The Morgan fingerprint density at radius 3 is 2.26 bits per heavy atom. The molecule has 8 heteroatoms. The highest BCUT2D eigenvalue weighted by molar-refractivity contribution is 7.89. The highest BCUT2D eigenvalue weighted by Gasteiger charge is 2.32. The molecular formula is C19H25N3O3S2. The molecule has 27 heavy (non-hydrogen) atoms. The van der Waals surface area contributed by atoms with E-state index in [4.69, 9.17) is 0 Å². The van der Waals surface area contributed by atoms with Crippen molar-refractivity contribution in [3.63, 3.8) is 0 Å². The van der Waals surface area contributed by atoms with E-state index in [9.17, 15) is 13.2 Å². The molecule has 0 saturated carbocycles. The molecule has 1 aromatic heterocycles. The van der Waals surface area contributed by atoms with E-state index in [0.29, 0.717) is 35.7 Å². The van der Waals surface area contributed by atoms with Gasteiger partial charge in [-0.15, -0.1) is 11.3 Å². The molecule has 1 saturated heterocycles.